The average molecular weight is 398 g/mol. The third kappa shape index (κ3) is 4.98. The minimum Gasteiger partial charge on any atom is -0.294 e. The maximum absolute atomic E-state index is 4.75. The molecule has 3 heteroatoms. The second-order valence-corrected chi connectivity index (χ2v) is 8.28. The highest BCUT2D eigenvalue weighted by molar-refractivity contribution is 5.79. The van der Waals surface area contributed by atoms with Gasteiger partial charge < -0.3 is 0 Å². The summed E-state index contributed by atoms with van der Waals surface area (Å²) in [5.41, 5.74) is 5.23. The highest BCUT2D eigenvalue weighted by atomic mass is 15.5. The molecule has 0 atom stereocenters. The molecule has 0 aromatic heterocycles. The Balaban J connectivity index is 1.42. The number of hydrazone groups is 1. The first kappa shape index (κ1) is 20.4. The zero-order valence-electron chi connectivity index (χ0n) is 18.0. The number of hydrogen-bond donors (Lipinski definition) is 0. The Morgan fingerprint density at radius 1 is 0.667 bits per heavy atom. The minimum absolute atomic E-state index is 0.294. The van der Waals surface area contributed by atoms with Crippen LogP contribution < -0.4 is 0 Å². The maximum Gasteiger partial charge on any atom is 0.0603 e. The third-order valence-electron chi connectivity index (χ3n) is 5.86. The van der Waals surface area contributed by atoms with Gasteiger partial charge in [0.05, 0.1) is 12.3 Å². The van der Waals surface area contributed by atoms with Crippen LogP contribution in [0.2, 0.25) is 0 Å². The Labute approximate surface area is 180 Å². The van der Waals surface area contributed by atoms with E-state index in [2.05, 4.69) is 109 Å². The zero-order chi connectivity index (χ0) is 20.8. The Bertz CT molecular complexity index is 885. The van der Waals surface area contributed by atoms with Gasteiger partial charge in [-0.2, -0.15) is 5.10 Å². The summed E-state index contributed by atoms with van der Waals surface area (Å²) in [6, 6.07) is 30.7. The molecule has 0 saturated carbocycles. The van der Waals surface area contributed by atoms with Crippen molar-refractivity contribution in [2.24, 2.45) is 5.10 Å². The summed E-state index contributed by atoms with van der Waals surface area (Å²) in [6.07, 6.45) is 1.99. The van der Waals surface area contributed by atoms with Crippen molar-refractivity contribution in [2.45, 2.75) is 25.8 Å². The highest BCUT2D eigenvalue weighted by Gasteiger charge is 2.25. The lowest BCUT2D eigenvalue weighted by Crippen LogP contribution is -2.45. The molecule has 0 aliphatic carbocycles. The van der Waals surface area contributed by atoms with Crippen LogP contribution >= 0.6 is 0 Å². The first-order chi connectivity index (χ1) is 14.7. The van der Waals surface area contributed by atoms with Crippen molar-refractivity contribution in [1.82, 2.24) is 9.91 Å². The molecule has 0 bridgehead atoms. The van der Waals surface area contributed by atoms with Crippen LogP contribution in [0.1, 0.15) is 48.1 Å². The normalized spacial score (nSPS) is 15.4. The topological polar surface area (TPSA) is 18.8 Å². The smallest absolute Gasteiger partial charge is 0.0603 e. The van der Waals surface area contributed by atoms with Gasteiger partial charge in [-0.3, -0.25) is 9.91 Å². The summed E-state index contributed by atoms with van der Waals surface area (Å²) in [4.78, 5) is 2.58. The van der Waals surface area contributed by atoms with E-state index in [1.54, 1.807) is 0 Å². The number of nitrogens with zero attached hydrogens (tertiary/aromatic N) is 3. The fourth-order valence-corrected chi connectivity index (χ4v) is 4.09. The van der Waals surface area contributed by atoms with Crippen LogP contribution in [0.4, 0.5) is 0 Å². The van der Waals surface area contributed by atoms with E-state index >= 15 is 0 Å². The van der Waals surface area contributed by atoms with Gasteiger partial charge in [0, 0.05) is 26.2 Å². The van der Waals surface area contributed by atoms with E-state index in [4.69, 9.17) is 5.10 Å². The van der Waals surface area contributed by atoms with Crippen LogP contribution in [-0.2, 0) is 0 Å². The molecule has 3 nitrogen and oxygen atoms in total. The van der Waals surface area contributed by atoms with E-state index in [1.807, 2.05) is 6.21 Å². The number of hydrogen-bond acceptors (Lipinski definition) is 3. The Kier molecular flexibility index (Phi) is 6.60. The molecule has 3 aromatic carbocycles. The fraction of sp³-hybridized carbons (Fsp3) is 0.296. The third-order valence-corrected chi connectivity index (χ3v) is 5.86. The summed E-state index contributed by atoms with van der Waals surface area (Å²) in [5.74, 6) is 0.561. The van der Waals surface area contributed by atoms with Gasteiger partial charge in [-0.15, -0.1) is 0 Å². The van der Waals surface area contributed by atoms with Crippen LogP contribution in [0.5, 0.6) is 0 Å². The van der Waals surface area contributed by atoms with E-state index in [9.17, 15) is 0 Å². The zero-order valence-corrected chi connectivity index (χ0v) is 18.0. The van der Waals surface area contributed by atoms with Crippen molar-refractivity contribution in [2.75, 3.05) is 26.2 Å². The predicted molar refractivity (Wildman–Crippen MR) is 126 cm³/mol. The molecule has 0 spiro atoms. The van der Waals surface area contributed by atoms with Gasteiger partial charge in [-0.25, -0.2) is 0 Å². The Morgan fingerprint density at radius 3 is 1.70 bits per heavy atom. The second kappa shape index (κ2) is 9.73. The summed E-state index contributed by atoms with van der Waals surface area (Å²) >= 11 is 0. The largest absolute Gasteiger partial charge is 0.294 e. The van der Waals surface area contributed by atoms with Crippen molar-refractivity contribution in [3.63, 3.8) is 0 Å². The van der Waals surface area contributed by atoms with E-state index < -0.39 is 0 Å². The second-order valence-electron chi connectivity index (χ2n) is 8.28. The number of piperazine rings is 1. The van der Waals surface area contributed by atoms with Crippen LogP contribution in [0.3, 0.4) is 0 Å². The van der Waals surface area contributed by atoms with Gasteiger partial charge in [-0.05, 0) is 28.2 Å². The molecule has 1 fully saturated rings. The van der Waals surface area contributed by atoms with Crippen molar-refractivity contribution in [3.05, 3.63) is 107 Å². The van der Waals surface area contributed by atoms with Crippen LogP contribution in [-0.4, -0.2) is 42.3 Å². The SMILES string of the molecule is CC(C)c1ccc(/C=N/N2CCN(C(c3ccccc3)c3ccccc3)CC2)cc1. The van der Waals surface area contributed by atoms with Crippen molar-refractivity contribution >= 4 is 6.21 Å². The fourth-order valence-electron chi connectivity index (χ4n) is 4.09. The van der Waals surface area contributed by atoms with Crippen molar-refractivity contribution in [3.8, 4) is 0 Å². The quantitative estimate of drug-likeness (QED) is 0.508. The van der Waals surface area contributed by atoms with Gasteiger partial charge in [0.1, 0.15) is 0 Å². The monoisotopic (exact) mass is 397 g/mol. The molecule has 0 N–H and O–H groups in total. The highest BCUT2D eigenvalue weighted by Crippen LogP contribution is 2.29. The van der Waals surface area contributed by atoms with Gasteiger partial charge in [-0.1, -0.05) is 98.8 Å². The first-order valence-electron chi connectivity index (χ1n) is 10.9. The molecule has 1 aliphatic rings. The number of rotatable bonds is 6. The molecule has 0 amide bonds. The first-order valence-corrected chi connectivity index (χ1v) is 10.9. The Morgan fingerprint density at radius 2 is 1.20 bits per heavy atom. The molecule has 154 valence electrons. The molecule has 30 heavy (non-hydrogen) atoms. The lowest BCUT2D eigenvalue weighted by Gasteiger charge is -2.38. The van der Waals surface area contributed by atoms with Crippen LogP contribution in [0.15, 0.2) is 90.0 Å². The van der Waals surface area contributed by atoms with Crippen LogP contribution in [0, 0.1) is 0 Å². The summed E-state index contributed by atoms with van der Waals surface area (Å²) < 4.78 is 0. The molecule has 4 rings (SSSR count). The lowest BCUT2D eigenvalue weighted by atomic mass is 9.96. The van der Waals surface area contributed by atoms with Gasteiger partial charge in [0.25, 0.3) is 0 Å². The summed E-state index contributed by atoms with van der Waals surface area (Å²) in [7, 11) is 0. The molecule has 0 radical (unpaired) electrons. The molecule has 1 saturated heterocycles. The van der Waals surface area contributed by atoms with Crippen molar-refractivity contribution in [1.29, 1.82) is 0 Å². The van der Waals surface area contributed by atoms with E-state index in [0.717, 1.165) is 31.7 Å². The predicted octanol–water partition coefficient (Wildman–Crippen LogP) is 5.55. The van der Waals surface area contributed by atoms with Gasteiger partial charge >= 0.3 is 0 Å². The maximum atomic E-state index is 4.75. The number of benzene rings is 3. The van der Waals surface area contributed by atoms with Crippen LogP contribution in [0.25, 0.3) is 0 Å². The van der Waals surface area contributed by atoms with E-state index in [1.165, 1.54) is 16.7 Å². The van der Waals surface area contributed by atoms with E-state index in [-0.39, 0.29) is 0 Å². The molecular formula is C27H31N3. The lowest BCUT2D eigenvalue weighted by molar-refractivity contribution is 0.113. The van der Waals surface area contributed by atoms with Gasteiger partial charge in [0.2, 0.25) is 0 Å². The molecular weight excluding hydrogens is 366 g/mol. The van der Waals surface area contributed by atoms with E-state index in [0.29, 0.717) is 12.0 Å². The minimum atomic E-state index is 0.294. The standard InChI is InChI=1S/C27H31N3/c1-22(2)24-15-13-23(14-16-24)21-28-30-19-17-29(18-20-30)27(25-9-5-3-6-10-25)26-11-7-4-8-12-26/h3-16,21-22,27H,17-20H2,1-2H3/b28-21+. The average Bonchev–Trinajstić information content (AvgIpc) is 2.80. The molecule has 3 aromatic rings. The molecule has 1 heterocycles. The Hall–Kier alpha value is -2.91. The molecule has 1 aliphatic heterocycles. The summed E-state index contributed by atoms with van der Waals surface area (Å²) in [6.45, 7) is 8.32. The summed E-state index contributed by atoms with van der Waals surface area (Å²) in [5, 5.41) is 6.94. The van der Waals surface area contributed by atoms with Crippen molar-refractivity contribution < 1.29 is 0 Å². The van der Waals surface area contributed by atoms with Gasteiger partial charge in [0.15, 0.2) is 0 Å². The molecule has 0 unspecified atom stereocenters.